The Morgan fingerprint density at radius 3 is 2.00 bits per heavy atom. The summed E-state index contributed by atoms with van der Waals surface area (Å²) in [5, 5.41) is 0. The lowest BCUT2D eigenvalue weighted by Gasteiger charge is -2.41. The molecule has 1 aromatic carbocycles. The largest absolute Gasteiger partial charge is 0.494 e. The van der Waals surface area contributed by atoms with Crippen molar-refractivity contribution in [3.63, 3.8) is 0 Å². The molecule has 0 aromatic heterocycles. The van der Waals surface area contributed by atoms with E-state index >= 15 is 0 Å². The van der Waals surface area contributed by atoms with Crippen molar-refractivity contribution in [2.75, 3.05) is 6.61 Å². The standard InChI is InChI=1S/C26H40O5/c1-6-8-10-11-12-13-19-29-21-16-14-20(15-17-21)26(5,18-9-7-2)22-23(27)30-25(3,4)31-24(22)28/h14-17,22H,6-13,18-19H2,1-5H3. The summed E-state index contributed by atoms with van der Waals surface area (Å²) in [6.45, 7) is 10.1. The van der Waals surface area contributed by atoms with Gasteiger partial charge in [0.05, 0.1) is 6.61 Å². The zero-order valence-corrected chi connectivity index (χ0v) is 20.0. The van der Waals surface area contributed by atoms with Crippen molar-refractivity contribution < 1.29 is 23.8 Å². The van der Waals surface area contributed by atoms with Gasteiger partial charge in [0.25, 0.3) is 5.79 Å². The monoisotopic (exact) mass is 432 g/mol. The summed E-state index contributed by atoms with van der Waals surface area (Å²) < 4.78 is 16.7. The number of carbonyl (C=O) groups excluding carboxylic acids is 2. The number of cyclic esters (lactones) is 2. The first-order valence-electron chi connectivity index (χ1n) is 11.9. The SMILES string of the molecule is CCCCCCCCOc1ccc(C(C)(CCCC)C2C(=O)OC(C)(C)OC2=O)cc1. The second kappa shape index (κ2) is 11.5. The minimum atomic E-state index is -1.22. The maximum atomic E-state index is 12.8. The molecular weight excluding hydrogens is 392 g/mol. The van der Waals surface area contributed by atoms with E-state index < -0.39 is 29.1 Å². The van der Waals surface area contributed by atoms with Crippen LogP contribution in [0.1, 0.15) is 98.0 Å². The molecule has 5 nitrogen and oxygen atoms in total. The Kier molecular flexibility index (Phi) is 9.39. The molecular formula is C26H40O5. The Hall–Kier alpha value is -2.04. The van der Waals surface area contributed by atoms with E-state index in [4.69, 9.17) is 14.2 Å². The van der Waals surface area contributed by atoms with Crippen molar-refractivity contribution in [1.29, 1.82) is 0 Å². The van der Waals surface area contributed by atoms with E-state index in [1.54, 1.807) is 13.8 Å². The van der Waals surface area contributed by atoms with E-state index in [0.29, 0.717) is 13.0 Å². The van der Waals surface area contributed by atoms with Gasteiger partial charge in [0.2, 0.25) is 0 Å². The lowest BCUT2D eigenvalue weighted by Crippen LogP contribution is -2.53. The van der Waals surface area contributed by atoms with Crippen molar-refractivity contribution in [2.45, 2.75) is 104 Å². The first kappa shape index (κ1) is 25.2. The van der Waals surface area contributed by atoms with Gasteiger partial charge < -0.3 is 14.2 Å². The van der Waals surface area contributed by atoms with Crippen LogP contribution in [-0.4, -0.2) is 24.3 Å². The molecule has 0 amide bonds. The van der Waals surface area contributed by atoms with Crippen LogP contribution in [0.4, 0.5) is 0 Å². The molecule has 1 atom stereocenters. The first-order chi connectivity index (χ1) is 14.7. The molecule has 0 N–H and O–H groups in total. The molecule has 1 aliphatic heterocycles. The van der Waals surface area contributed by atoms with Crippen molar-refractivity contribution in [2.24, 2.45) is 5.92 Å². The van der Waals surface area contributed by atoms with Gasteiger partial charge in [0.1, 0.15) is 5.75 Å². The molecule has 174 valence electrons. The van der Waals surface area contributed by atoms with Gasteiger partial charge in [-0.2, -0.15) is 0 Å². The highest BCUT2D eigenvalue weighted by molar-refractivity contribution is 5.98. The van der Waals surface area contributed by atoms with Crippen molar-refractivity contribution in [3.05, 3.63) is 29.8 Å². The second-order valence-corrected chi connectivity index (χ2v) is 9.34. The third-order valence-electron chi connectivity index (χ3n) is 6.13. The number of benzene rings is 1. The highest BCUT2D eigenvalue weighted by atomic mass is 16.7. The molecule has 1 aromatic rings. The topological polar surface area (TPSA) is 61.8 Å². The number of unbranched alkanes of at least 4 members (excludes halogenated alkanes) is 6. The highest BCUT2D eigenvalue weighted by Gasteiger charge is 2.53. The van der Waals surface area contributed by atoms with Crippen LogP contribution < -0.4 is 4.74 Å². The number of hydrogen-bond donors (Lipinski definition) is 0. The van der Waals surface area contributed by atoms with Gasteiger partial charge in [-0.1, -0.05) is 77.8 Å². The van der Waals surface area contributed by atoms with Crippen LogP contribution in [0.5, 0.6) is 5.75 Å². The molecule has 5 heteroatoms. The molecule has 1 saturated heterocycles. The van der Waals surface area contributed by atoms with Gasteiger partial charge in [-0.05, 0) is 30.5 Å². The summed E-state index contributed by atoms with van der Waals surface area (Å²) in [6, 6.07) is 7.79. The fourth-order valence-corrected chi connectivity index (χ4v) is 4.24. The van der Waals surface area contributed by atoms with Crippen LogP contribution in [0, 0.1) is 5.92 Å². The summed E-state index contributed by atoms with van der Waals surface area (Å²) in [6.07, 6.45) is 9.92. The van der Waals surface area contributed by atoms with Gasteiger partial charge >= 0.3 is 11.9 Å². The summed E-state index contributed by atoms with van der Waals surface area (Å²) in [7, 11) is 0. The maximum absolute atomic E-state index is 12.8. The highest BCUT2D eigenvalue weighted by Crippen LogP contribution is 2.42. The predicted octanol–water partition coefficient (Wildman–Crippen LogP) is 6.33. The molecule has 0 radical (unpaired) electrons. The normalized spacial score (nSPS) is 18.2. The van der Waals surface area contributed by atoms with Gasteiger partial charge in [-0.25, -0.2) is 0 Å². The fraction of sp³-hybridized carbons (Fsp3) is 0.692. The van der Waals surface area contributed by atoms with E-state index in [1.807, 2.05) is 31.2 Å². The van der Waals surface area contributed by atoms with E-state index in [0.717, 1.165) is 30.6 Å². The Morgan fingerprint density at radius 1 is 0.871 bits per heavy atom. The Labute approximate surface area is 187 Å². The van der Waals surface area contributed by atoms with E-state index in [-0.39, 0.29) is 0 Å². The molecule has 31 heavy (non-hydrogen) atoms. The molecule has 0 saturated carbocycles. The van der Waals surface area contributed by atoms with Crippen LogP contribution >= 0.6 is 0 Å². The Balaban J connectivity index is 2.06. The first-order valence-corrected chi connectivity index (χ1v) is 11.9. The predicted molar refractivity (Wildman–Crippen MR) is 122 cm³/mol. The molecule has 2 rings (SSSR count). The van der Waals surface area contributed by atoms with Crippen LogP contribution in [0.2, 0.25) is 0 Å². The minimum Gasteiger partial charge on any atom is -0.494 e. The zero-order valence-electron chi connectivity index (χ0n) is 20.0. The number of carbonyl (C=O) groups is 2. The third-order valence-corrected chi connectivity index (χ3v) is 6.13. The number of ether oxygens (including phenoxy) is 3. The van der Waals surface area contributed by atoms with Gasteiger partial charge in [-0.3, -0.25) is 9.59 Å². The summed E-state index contributed by atoms with van der Waals surface area (Å²) in [5.41, 5.74) is 0.227. The van der Waals surface area contributed by atoms with E-state index in [2.05, 4.69) is 13.8 Å². The molecule has 1 aliphatic rings. The number of hydrogen-bond acceptors (Lipinski definition) is 5. The molecule has 1 unspecified atom stereocenters. The zero-order chi connectivity index (χ0) is 22.9. The summed E-state index contributed by atoms with van der Waals surface area (Å²) >= 11 is 0. The van der Waals surface area contributed by atoms with Crippen LogP contribution in [0.15, 0.2) is 24.3 Å². The van der Waals surface area contributed by atoms with Crippen LogP contribution in [0.3, 0.4) is 0 Å². The second-order valence-electron chi connectivity index (χ2n) is 9.34. The van der Waals surface area contributed by atoms with E-state index in [1.165, 1.54) is 32.1 Å². The maximum Gasteiger partial charge on any atom is 0.324 e. The minimum absolute atomic E-state index is 0.511. The molecule has 0 aliphatic carbocycles. The third kappa shape index (κ3) is 6.98. The Morgan fingerprint density at radius 2 is 1.42 bits per heavy atom. The van der Waals surface area contributed by atoms with Crippen molar-refractivity contribution in [1.82, 2.24) is 0 Å². The lowest BCUT2D eigenvalue weighted by atomic mass is 9.68. The smallest absolute Gasteiger partial charge is 0.324 e. The average molecular weight is 433 g/mol. The molecule has 0 spiro atoms. The van der Waals surface area contributed by atoms with Gasteiger partial charge in [0.15, 0.2) is 5.92 Å². The molecule has 1 heterocycles. The summed E-state index contributed by atoms with van der Waals surface area (Å²) in [5.74, 6) is -2.40. The van der Waals surface area contributed by atoms with Crippen LogP contribution in [0.25, 0.3) is 0 Å². The van der Waals surface area contributed by atoms with Crippen molar-refractivity contribution >= 4 is 11.9 Å². The van der Waals surface area contributed by atoms with Crippen LogP contribution in [-0.2, 0) is 24.5 Å². The Bertz CT molecular complexity index is 689. The summed E-state index contributed by atoms with van der Waals surface area (Å²) in [4.78, 5) is 25.6. The van der Waals surface area contributed by atoms with Crippen molar-refractivity contribution in [3.8, 4) is 5.75 Å². The number of esters is 2. The average Bonchev–Trinajstić information content (AvgIpc) is 2.70. The fourth-order valence-electron chi connectivity index (χ4n) is 4.24. The van der Waals surface area contributed by atoms with Gasteiger partial charge in [0, 0.05) is 19.3 Å². The van der Waals surface area contributed by atoms with E-state index in [9.17, 15) is 9.59 Å². The molecule has 1 fully saturated rings. The number of rotatable bonds is 13. The quantitative estimate of drug-likeness (QED) is 0.207. The van der Waals surface area contributed by atoms with Gasteiger partial charge in [-0.15, -0.1) is 0 Å². The lowest BCUT2D eigenvalue weighted by molar-refractivity contribution is -0.243. The molecule has 0 bridgehead atoms.